The molecule has 110 valence electrons. The van der Waals surface area contributed by atoms with Crippen molar-refractivity contribution in [2.45, 2.75) is 25.1 Å². The number of carbonyl (C=O) groups excluding carboxylic acids is 1. The fraction of sp³-hybridized carbons (Fsp3) is 0.500. The van der Waals surface area contributed by atoms with E-state index in [1.165, 1.54) is 12.3 Å². The van der Waals surface area contributed by atoms with Crippen LogP contribution >= 0.6 is 0 Å². The van der Waals surface area contributed by atoms with Gasteiger partial charge < -0.3 is 15.4 Å². The molecule has 20 heavy (non-hydrogen) atoms. The summed E-state index contributed by atoms with van der Waals surface area (Å²) in [6.07, 6.45) is -3.01. The van der Waals surface area contributed by atoms with Gasteiger partial charge in [-0.15, -0.1) is 0 Å². The zero-order chi connectivity index (χ0) is 14.8. The Balaban J connectivity index is 2.05. The first kappa shape index (κ1) is 14.4. The normalized spacial score (nSPS) is 19.8. The molecule has 1 amide bonds. The SMILES string of the molecule is NC(=O)O[C@@H]1CCCN(c2ccc(C(F)(F)F)nc2)C1. The minimum Gasteiger partial charge on any atom is -0.445 e. The van der Waals surface area contributed by atoms with Crippen LogP contribution in [0.1, 0.15) is 18.5 Å². The fourth-order valence-corrected chi connectivity index (χ4v) is 2.17. The van der Waals surface area contributed by atoms with Crippen molar-refractivity contribution in [1.82, 2.24) is 4.98 Å². The molecule has 1 aliphatic heterocycles. The van der Waals surface area contributed by atoms with Crippen molar-refractivity contribution < 1.29 is 22.7 Å². The number of hydrogen-bond acceptors (Lipinski definition) is 4. The van der Waals surface area contributed by atoms with Crippen molar-refractivity contribution in [2.24, 2.45) is 5.73 Å². The Morgan fingerprint density at radius 2 is 2.20 bits per heavy atom. The van der Waals surface area contributed by atoms with Gasteiger partial charge in [-0.3, -0.25) is 0 Å². The summed E-state index contributed by atoms with van der Waals surface area (Å²) >= 11 is 0. The predicted molar refractivity (Wildman–Crippen MR) is 65.1 cm³/mol. The van der Waals surface area contributed by atoms with Crippen molar-refractivity contribution in [3.8, 4) is 0 Å². The number of amides is 1. The molecule has 1 atom stereocenters. The third-order valence-electron chi connectivity index (χ3n) is 3.06. The van der Waals surface area contributed by atoms with E-state index in [0.717, 1.165) is 12.5 Å². The van der Waals surface area contributed by atoms with Gasteiger partial charge in [-0.1, -0.05) is 0 Å². The summed E-state index contributed by atoms with van der Waals surface area (Å²) in [7, 11) is 0. The summed E-state index contributed by atoms with van der Waals surface area (Å²) in [5, 5.41) is 0. The van der Waals surface area contributed by atoms with Gasteiger partial charge in [0.2, 0.25) is 0 Å². The molecule has 0 spiro atoms. The van der Waals surface area contributed by atoms with Crippen LogP contribution in [0.5, 0.6) is 0 Å². The number of rotatable bonds is 2. The highest BCUT2D eigenvalue weighted by molar-refractivity contribution is 5.65. The number of ether oxygens (including phenoxy) is 1. The molecule has 1 fully saturated rings. The van der Waals surface area contributed by atoms with Gasteiger partial charge >= 0.3 is 12.3 Å². The second-order valence-electron chi connectivity index (χ2n) is 4.55. The molecule has 1 aromatic heterocycles. The average molecular weight is 289 g/mol. The van der Waals surface area contributed by atoms with Gasteiger partial charge in [0, 0.05) is 6.54 Å². The van der Waals surface area contributed by atoms with Crippen LogP contribution in [0.3, 0.4) is 0 Å². The summed E-state index contributed by atoms with van der Waals surface area (Å²) in [4.78, 5) is 15.9. The molecule has 0 aliphatic carbocycles. The van der Waals surface area contributed by atoms with E-state index in [1.807, 2.05) is 4.90 Å². The third-order valence-corrected chi connectivity index (χ3v) is 3.06. The van der Waals surface area contributed by atoms with E-state index in [1.54, 1.807) is 0 Å². The van der Waals surface area contributed by atoms with E-state index >= 15 is 0 Å². The van der Waals surface area contributed by atoms with Gasteiger partial charge in [0.1, 0.15) is 11.8 Å². The van der Waals surface area contributed by atoms with E-state index in [9.17, 15) is 18.0 Å². The number of primary amides is 1. The number of anilines is 1. The van der Waals surface area contributed by atoms with Gasteiger partial charge in [-0.05, 0) is 25.0 Å². The molecule has 2 rings (SSSR count). The van der Waals surface area contributed by atoms with Crippen LogP contribution in [-0.2, 0) is 10.9 Å². The van der Waals surface area contributed by atoms with Crippen molar-refractivity contribution in [3.63, 3.8) is 0 Å². The Morgan fingerprint density at radius 1 is 1.45 bits per heavy atom. The summed E-state index contributed by atoms with van der Waals surface area (Å²) in [5.74, 6) is 0. The molecule has 0 bridgehead atoms. The lowest BCUT2D eigenvalue weighted by Crippen LogP contribution is -2.41. The topological polar surface area (TPSA) is 68.5 Å². The lowest BCUT2D eigenvalue weighted by molar-refractivity contribution is -0.141. The number of halogens is 3. The van der Waals surface area contributed by atoms with Crippen molar-refractivity contribution in [2.75, 3.05) is 18.0 Å². The van der Waals surface area contributed by atoms with Crippen LogP contribution in [0.2, 0.25) is 0 Å². The van der Waals surface area contributed by atoms with Crippen LogP contribution in [0.4, 0.5) is 23.7 Å². The molecular formula is C12H14F3N3O2. The van der Waals surface area contributed by atoms with Crippen LogP contribution in [0, 0.1) is 0 Å². The van der Waals surface area contributed by atoms with Gasteiger partial charge in [0.25, 0.3) is 0 Å². The zero-order valence-electron chi connectivity index (χ0n) is 10.6. The standard InChI is InChI=1S/C12H14F3N3O2/c13-12(14,15)10-4-3-8(6-17-10)18-5-1-2-9(7-18)20-11(16)19/h3-4,6,9H,1-2,5,7H2,(H2,16,19)/t9-/m1/s1. The average Bonchev–Trinajstić information content (AvgIpc) is 2.37. The van der Waals surface area contributed by atoms with E-state index < -0.39 is 18.0 Å². The minimum atomic E-state index is -4.45. The van der Waals surface area contributed by atoms with Crippen LogP contribution in [0.15, 0.2) is 18.3 Å². The maximum Gasteiger partial charge on any atom is 0.433 e. The molecule has 1 aliphatic rings. The molecule has 1 saturated heterocycles. The largest absolute Gasteiger partial charge is 0.445 e. The van der Waals surface area contributed by atoms with E-state index in [4.69, 9.17) is 10.5 Å². The molecule has 8 heteroatoms. The number of pyridine rings is 1. The molecule has 0 saturated carbocycles. The lowest BCUT2D eigenvalue weighted by Gasteiger charge is -2.33. The van der Waals surface area contributed by atoms with Gasteiger partial charge in [0.05, 0.1) is 18.4 Å². The fourth-order valence-electron chi connectivity index (χ4n) is 2.17. The number of alkyl halides is 3. The quantitative estimate of drug-likeness (QED) is 0.906. The molecule has 0 radical (unpaired) electrons. The number of aromatic nitrogens is 1. The van der Waals surface area contributed by atoms with Gasteiger partial charge in [-0.25, -0.2) is 9.78 Å². The van der Waals surface area contributed by atoms with E-state index in [2.05, 4.69) is 4.98 Å². The van der Waals surface area contributed by atoms with Crippen molar-refractivity contribution in [3.05, 3.63) is 24.0 Å². The Bertz CT molecular complexity index is 476. The monoisotopic (exact) mass is 289 g/mol. The molecule has 2 heterocycles. The maximum absolute atomic E-state index is 12.4. The van der Waals surface area contributed by atoms with Crippen molar-refractivity contribution in [1.29, 1.82) is 0 Å². The maximum atomic E-state index is 12.4. The first-order valence-electron chi connectivity index (χ1n) is 6.10. The predicted octanol–water partition coefficient (Wildman–Crippen LogP) is 2.16. The lowest BCUT2D eigenvalue weighted by atomic mass is 10.1. The first-order chi connectivity index (χ1) is 9.36. The molecule has 0 aromatic carbocycles. The van der Waals surface area contributed by atoms with Crippen LogP contribution in [0.25, 0.3) is 0 Å². The minimum absolute atomic E-state index is 0.344. The summed E-state index contributed by atoms with van der Waals surface area (Å²) < 4.78 is 42.2. The Morgan fingerprint density at radius 3 is 2.75 bits per heavy atom. The summed E-state index contributed by atoms with van der Waals surface area (Å²) in [5.41, 5.74) is 4.60. The second-order valence-corrected chi connectivity index (χ2v) is 4.55. The number of nitrogens with zero attached hydrogens (tertiary/aromatic N) is 2. The highest BCUT2D eigenvalue weighted by Crippen LogP contribution is 2.29. The van der Waals surface area contributed by atoms with Crippen molar-refractivity contribution >= 4 is 11.8 Å². The smallest absolute Gasteiger partial charge is 0.433 e. The Hall–Kier alpha value is -1.99. The number of hydrogen-bond donors (Lipinski definition) is 1. The Labute approximate surface area is 113 Å². The van der Waals surface area contributed by atoms with Crippen LogP contribution in [-0.4, -0.2) is 30.3 Å². The highest BCUT2D eigenvalue weighted by Gasteiger charge is 2.32. The van der Waals surface area contributed by atoms with Gasteiger partial charge in [-0.2, -0.15) is 13.2 Å². The van der Waals surface area contributed by atoms with Gasteiger partial charge in [0.15, 0.2) is 0 Å². The molecule has 1 aromatic rings. The second kappa shape index (κ2) is 5.56. The molecular weight excluding hydrogens is 275 g/mol. The summed E-state index contributed by atoms with van der Waals surface area (Å²) in [6.45, 7) is 1.07. The Kier molecular flexibility index (Phi) is 4.01. The van der Waals surface area contributed by atoms with E-state index in [0.29, 0.717) is 25.2 Å². The molecule has 5 nitrogen and oxygen atoms in total. The number of carbonyl (C=O) groups is 1. The highest BCUT2D eigenvalue weighted by atomic mass is 19.4. The van der Waals surface area contributed by atoms with Crippen LogP contribution < -0.4 is 10.6 Å². The number of nitrogens with two attached hydrogens (primary N) is 1. The summed E-state index contributed by atoms with van der Waals surface area (Å²) in [6, 6.07) is 2.30. The molecule has 0 unspecified atom stereocenters. The van der Waals surface area contributed by atoms with E-state index in [-0.39, 0.29) is 6.10 Å². The number of piperidine rings is 1. The first-order valence-corrected chi connectivity index (χ1v) is 6.10. The zero-order valence-corrected chi connectivity index (χ0v) is 10.6. The third kappa shape index (κ3) is 3.52. The molecule has 2 N–H and O–H groups in total.